The van der Waals surface area contributed by atoms with Crippen LogP contribution in [0.4, 0.5) is 0 Å². The number of unbranched alkanes of at least 4 members (excludes halogenated alkanes) is 1. The number of hydrogen-bond acceptors (Lipinski definition) is 3. The van der Waals surface area contributed by atoms with Crippen LogP contribution in [-0.2, 0) is 20.8 Å². The fraction of sp³-hybridized carbons (Fsp3) is 0.647. The lowest BCUT2D eigenvalue weighted by molar-refractivity contribution is -0.0612. The average Bonchev–Trinajstić information content (AvgIpc) is 2.48. The van der Waals surface area contributed by atoms with Gasteiger partial charge in [-0.2, -0.15) is 0 Å². The highest BCUT2D eigenvalue weighted by Gasteiger charge is 2.07. The van der Waals surface area contributed by atoms with E-state index < -0.39 is 0 Å². The highest BCUT2D eigenvalue weighted by molar-refractivity contribution is 5.13. The fourth-order valence-corrected chi connectivity index (χ4v) is 1.70. The quantitative estimate of drug-likeness (QED) is 0.577. The van der Waals surface area contributed by atoms with E-state index in [1.165, 1.54) is 12.0 Å². The number of hydrogen-bond donors (Lipinski definition) is 0. The Kier molecular flexibility index (Phi) is 9.29. The van der Waals surface area contributed by atoms with Crippen LogP contribution in [0.3, 0.4) is 0 Å². The molecule has 0 bridgehead atoms. The van der Waals surface area contributed by atoms with Gasteiger partial charge in [0.15, 0.2) is 0 Å². The van der Waals surface area contributed by atoms with Gasteiger partial charge in [-0.25, -0.2) is 0 Å². The third kappa shape index (κ3) is 8.31. The largest absolute Gasteiger partial charge is 0.379 e. The van der Waals surface area contributed by atoms with Crippen LogP contribution in [0.15, 0.2) is 30.3 Å². The van der Waals surface area contributed by atoms with E-state index in [2.05, 4.69) is 19.1 Å². The zero-order chi connectivity index (χ0) is 14.6. The van der Waals surface area contributed by atoms with Gasteiger partial charge in [-0.05, 0) is 25.8 Å². The molecule has 0 spiro atoms. The molecule has 1 aromatic carbocycles. The van der Waals surface area contributed by atoms with E-state index >= 15 is 0 Å². The molecule has 0 saturated carbocycles. The van der Waals surface area contributed by atoms with Crippen molar-refractivity contribution in [2.24, 2.45) is 0 Å². The third-order valence-corrected chi connectivity index (χ3v) is 2.99. The van der Waals surface area contributed by atoms with Gasteiger partial charge < -0.3 is 14.2 Å². The maximum absolute atomic E-state index is 5.76. The van der Waals surface area contributed by atoms with E-state index in [-0.39, 0.29) is 12.2 Å². The van der Waals surface area contributed by atoms with E-state index in [9.17, 15) is 0 Å². The van der Waals surface area contributed by atoms with Gasteiger partial charge in [0.05, 0.1) is 32.0 Å². The van der Waals surface area contributed by atoms with Gasteiger partial charge in [-0.1, -0.05) is 43.7 Å². The molecule has 2 unspecified atom stereocenters. The van der Waals surface area contributed by atoms with Crippen LogP contribution >= 0.6 is 0 Å². The van der Waals surface area contributed by atoms with Gasteiger partial charge in [0, 0.05) is 6.61 Å². The topological polar surface area (TPSA) is 27.7 Å². The Morgan fingerprint density at radius 2 is 1.65 bits per heavy atom. The van der Waals surface area contributed by atoms with Crippen molar-refractivity contribution < 1.29 is 14.2 Å². The second kappa shape index (κ2) is 10.8. The van der Waals surface area contributed by atoms with Crippen LogP contribution in [0.2, 0.25) is 0 Å². The summed E-state index contributed by atoms with van der Waals surface area (Å²) in [4.78, 5) is 0. The van der Waals surface area contributed by atoms with Gasteiger partial charge in [0.2, 0.25) is 0 Å². The van der Waals surface area contributed by atoms with E-state index in [1.807, 2.05) is 32.0 Å². The summed E-state index contributed by atoms with van der Waals surface area (Å²) in [5, 5.41) is 0. The molecule has 0 aromatic heterocycles. The van der Waals surface area contributed by atoms with Crippen LogP contribution in [0.5, 0.6) is 0 Å². The van der Waals surface area contributed by atoms with Crippen molar-refractivity contribution in [1.82, 2.24) is 0 Å². The van der Waals surface area contributed by atoms with Crippen molar-refractivity contribution in [3.8, 4) is 0 Å². The average molecular weight is 280 g/mol. The summed E-state index contributed by atoms with van der Waals surface area (Å²) in [5.41, 5.74) is 1.19. The molecule has 2 atom stereocenters. The molecular formula is C17H28O3. The first-order valence-electron chi connectivity index (χ1n) is 7.57. The van der Waals surface area contributed by atoms with E-state index in [4.69, 9.17) is 14.2 Å². The second-order valence-corrected chi connectivity index (χ2v) is 5.18. The first kappa shape index (κ1) is 17.2. The summed E-state index contributed by atoms with van der Waals surface area (Å²) in [5.74, 6) is 0. The van der Waals surface area contributed by atoms with Crippen LogP contribution in [-0.4, -0.2) is 32.0 Å². The summed E-state index contributed by atoms with van der Waals surface area (Å²) in [6.07, 6.45) is 2.49. The highest BCUT2D eigenvalue weighted by atomic mass is 16.6. The smallest absolute Gasteiger partial charge is 0.0785 e. The predicted octanol–water partition coefficient (Wildman–Crippen LogP) is 3.81. The zero-order valence-corrected chi connectivity index (χ0v) is 13.0. The highest BCUT2D eigenvalue weighted by Crippen LogP contribution is 2.04. The lowest BCUT2D eigenvalue weighted by Gasteiger charge is -2.18. The Morgan fingerprint density at radius 1 is 0.950 bits per heavy atom. The molecule has 0 amide bonds. The summed E-state index contributed by atoms with van der Waals surface area (Å²) in [6.45, 7) is 8.95. The van der Waals surface area contributed by atoms with Crippen molar-refractivity contribution in [3.63, 3.8) is 0 Å². The zero-order valence-electron chi connectivity index (χ0n) is 13.0. The molecule has 0 fully saturated rings. The first-order chi connectivity index (χ1) is 9.72. The number of benzene rings is 1. The van der Waals surface area contributed by atoms with Crippen molar-refractivity contribution in [3.05, 3.63) is 35.9 Å². The van der Waals surface area contributed by atoms with Gasteiger partial charge in [-0.15, -0.1) is 0 Å². The Morgan fingerprint density at radius 3 is 2.35 bits per heavy atom. The van der Waals surface area contributed by atoms with Crippen LogP contribution < -0.4 is 0 Å². The number of ether oxygens (including phenoxy) is 3. The molecule has 0 radical (unpaired) electrons. The molecule has 1 rings (SSSR count). The minimum Gasteiger partial charge on any atom is -0.379 e. The molecule has 114 valence electrons. The van der Waals surface area contributed by atoms with Gasteiger partial charge in [0.1, 0.15) is 0 Å². The summed E-state index contributed by atoms with van der Waals surface area (Å²) in [6, 6.07) is 10.2. The molecule has 0 aliphatic rings. The van der Waals surface area contributed by atoms with Gasteiger partial charge >= 0.3 is 0 Å². The third-order valence-electron chi connectivity index (χ3n) is 2.99. The number of rotatable bonds is 11. The van der Waals surface area contributed by atoms with Crippen molar-refractivity contribution in [2.45, 2.75) is 52.4 Å². The molecular weight excluding hydrogens is 252 g/mol. The van der Waals surface area contributed by atoms with Gasteiger partial charge in [0.25, 0.3) is 0 Å². The SMILES string of the molecule is CCCCOCC(C)OCC(C)OCc1ccccc1. The second-order valence-electron chi connectivity index (χ2n) is 5.18. The molecule has 0 aliphatic heterocycles. The van der Waals surface area contributed by atoms with Crippen LogP contribution in [0.25, 0.3) is 0 Å². The first-order valence-corrected chi connectivity index (χ1v) is 7.57. The van der Waals surface area contributed by atoms with E-state index in [0.717, 1.165) is 13.0 Å². The Balaban J connectivity index is 2.05. The summed E-state index contributed by atoms with van der Waals surface area (Å²) < 4.78 is 17.0. The van der Waals surface area contributed by atoms with E-state index in [1.54, 1.807) is 0 Å². The minimum atomic E-state index is 0.0910. The maximum atomic E-state index is 5.76. The minimum absolute atomic E-state index is 0.0910. The van der Waals surface area contributed by atoms with Crippen molar-refractivity contribution >= 4 is 0 Å². The Hall–Kier alpha value is -0.900. The standard InChI is InChI=1S/C17H28O3/c1-4-5-11-18-12-15(2)19-13-16(3)20-14-17-9-7-6-8-10-17/h6-10,15-16H,4-5,11-14H2,1-3H3. The fourth-order valence-electron chi connectivity index (χ4n) is 1.70. The maximum Gasteiger partial charge on any atom is 0.0785 e. The predicted molar refractivity (Wildman–Crippen MR) is 81.8 cm³/mol. The van der Waals surface area contributed by atoms with Gasteiger partial charge in [-0.3, -0.25) is 0 Å². The molecule has 0 heterocycles. The molecule has 3 nitrogen and oxygen atoms in total. The molecule has 20 heavy (non-hydrogen) atoms. The van der Waals surface area contributed by atoms with Crippen LogP contribution in [0, 0.1) is 0 Å². The molecule has 0 saturated heterocycles. The summed E-state index contributed by atoms with van der Waals surface area (Å²) >= 11 is 0. The summed E-state index contributed by atoms with van der Waals surface area (Å²) in [7, 11) is 0. The van der Waals surface area contributed by atoms with Crippen molar-refractivity contribution in [1.29, 1.82) is 0 Å². The normalized spacial score (nSPS) is 14.2. The molecule has 0 N–H and O–H groups in total. The van der Waals surface area contributed by atoms with Crippen molar-refractivity contribution in [2.75, 3.05) is 19.8 Å². The van der Waals surface area contributed by atoms with Crippen LogP contribution in [0.1, 0.15) is 39.2 Å². The monoisotopic (exact) mass is 280 g/mol. The lowest BCUT2D eigenvalue weighted by atomic mass is 10.2. The lowest BCUT2D eigenvalue weighted by Crippen LogP contribution is -2.23. The molecule has 0 aliphatic carbocycles. The molecule has 1 aromatic rings. The molecule has 3 heteroatoms. The Bertz CT molecular complexity index is 326. The Labute approximate surface area is 123 Å². The van der Waals surface area contributed by atoms with E-state index in [0.29, 0.717) is 19.8 Å².